The molecule has 1 aliphatic heterocycles. The largest absolute Gasteiger partial charge is 0.497 e. The van der Waals surface area contributed by atoms with Crippen LogP contribution >= 0.6 is 15.9 Å². The number of hydrogen-bond acceptors (Lipinski definition) is 5. The van der Waals surface area contributed by atoms with Crippen LogP contribution in [0.5, 0.6) is 5.75 Å². The van der Waals surface area contributed by atoms with Crippen LogP contribution in [0.15, 0.2) is 51.4 Å². The van der Waals surface area contributed by atoms with E-state index in [1.807, 2.05) is 37.3 Å². The molecular weight excluding hydrogens is 448 g/mol. The van der Waals surface area contributed by atoms with Gasteiger partial charge in [0, 0.05) is 35.1 Å². The lowest BCUT2D eigenvalue weighted by Gasteiger charge is -2.35. The molecule has 1 atom stereocenters. The van der Waals surface area contributed by atoms with Crippen molar-refractivity contribution in [2.75, 3.05) is 40.0 Å². The number of nitrogens with zero attached hydrogens (tertiary/aromatic N) is 1. The lowest BCUT2D eigenvalue weighted by Crippen LogP contribution is -2.43. The van der Waals surface area contributed by atoms with E-state index in [9.17, 15) is 4.79 Å². The summed E-state index contributed by atoms with van der Waals surface area (Å²) in [5, 5.41) is 4.03. The summed E-state index contributed by atoms with van der Waals surface area (Å²) in [4.78, 5) is 15.3. The van der Waals surface area contributed by atoms with Crippen LogP contribution in [0, 0.1) is 6.92 Å². The number of amides is 1. The average molecular weight is 473 g/mol. The Kier molecular flexibility index (Phi) is 6.41. The van der Waals surface area contributed by atoms with Gasteiger partial charge < -0.3 is 19.2 Å². The lowest BCUT2D eigenvalue weighted by atomic mass is 10.0. The zero-order chi connectivity index (χ0) is 21.1. The van der Waals surface area contributed by atoms with Gasteiger partial charge in [0.2, 0.25) is 0 Å². The zero-order valence-corrected chi connectivity index (χ0v) is 18.7. The van der Waals surface area contributed by atoms with E-state index in [1.165, 1.54) is 0 Å². The van der Waals surface area contributed by atoms with Gasteiger partial charge in [-0.15, -0.1) is 0 Å². The van der Waals surface area contributed by atoms with Gasteiger partial charge in [0.1, 0.15) is 11.3 Å². The molecule has 1 fully saturated rings. The second-order valence-electron chi connectivity index (χ2n) is 7.34. The van der Waals surface area contributed by atoms with Gasteiger partial charge in [0.05, 0.1) is 26.4 Å². The van der Waals surface area contributed by atoms with Gasteiger partial charge in [-0.05, 0) is 42.8 Å². The van der Waals surface area contributed by atoms with Crippen molar-refractivity contribution >= 4 is 32.8 Å². The SMILES string of the molecule is COc1ccc([C@H](CNC(=O)c2oc3cc(Br)ccc3c2C)N2CCOCC2)cc1. The minimum absolute atomic E-state index is 0.0441. The summed E-state index contributed by atoms with van der Waals surface area (Å²) in [6.45, 7) is 5.42. The molecule has 7 heteroatoms. The van der Waals surface area contributed by atoms with E-state index in [0.717, 1.165) is 39.8 Å². The molecule has 0 spiro atoms. The van der Waals surface area contributed by atoms with E-state index in [-0.39, 0.29) is 11.9 Å². The maximum atomic E-state index is 13.0. The van der Waals surface area contributed by atoms with Crippen LogP contribution in [0.1, 0.15) is 27.7 Å². The molecule has 0 radical (unpaired) electrons. The Morgan fingerprint density at radius 3 is 2.63 bits per heavy atom. The predicted molar refractivity (Wildman–Crippen MR) is 119 cm³/mol. The smallest absolute Gasteiger partial charge is 0.287 e. The zero-order valence-electron chi connectivity index (χ0n) is 17.1. The Bertz CT molecular complexity index is 1030. The normalized spacial score (nSPS) is 15.8. The first-order chi connectivity index (χ1) is 14.6. The van der Waals surface area contributed by atoms with E-state index in [4.69, 9.17) is 13.9 Å². The van der Waals surface area contributed by atoms with Crippen molar-refractivity contribution < 1.29 is 18.7 Å². The fourth-order valence-corrected chi connectivity index (χ4v) is 4.20. The molecule has 1 N–H and O–H groups in total. The van der Waals surface area contributed by atoms with Crippen LogP contribution in [0.3, 0.4) is 0 Å². The summed E-state index contributed by atoms with van der Waals surface area (Å²) in [7, 11) is 1.66. The first-order valence-electron chi connectivity index (χ1n) is 9.99. The Labute approximate surface area is 184 Å². The van der Waals surface area contributed by atoms with Crippen molar-refractivity contribution in [1.29, 1.82) is 0 Å². The summed E-state index contributed by atoms with van der Waals surface area (Å²) in [5.74, 6) is 0.970. The number of benzene rings is 2. The van der Waals surface area contributed by atoms with Crippen LogP contribution < -0.4 is 10.1 Å². The number of furan rings is 1. The fraction of sp³-hybridized carbons (Fsp3) is 0.348. The number of carbonyl (C=O) groups excluding carboxylic acids is 1. The first kappa shape index (κ1) is 20.9. The molecule has 0 saturated carbocycles. The third kappa shape index (κ3) is 4.38. The minimum atomic E-state index is -0.202. The van der Waals surface area contributed by atoms with Crippen molar-refractivity contribution in [2.45, 2.75) is 13.0 Å². The lowest BCUT2D eigenvalue weighted by molar-refractivity contribution is 0.0161. The number of nitrogens with one attached hydrogen (secondary N) is 1. The minimum Gasteiger partial charge on any atom is -0.497 e. The summed E-state index contributed by atoms with van der Waals surface area (Å²) in [6, 6.07) is 13.8. The van der Waals surface area contributed by atoms with Crippen molar-refractivity contribution in [3.63, 3.8) is 0 Å². The molecule has 0 aliphatic carbocycles. The monoisotopic (exact) mass is 472 g/mol. The summed E-state index contributed by atoms with van der Waals surface area (Å²) in [5.41, 5.74) is 2.68. The van der Waals surface area contributed by atoms with Crippen molar-refractivity contribution in [3.8, 4) is 5.75 Å². The quantitative estimate of drug-likeness (QED) is 0.578. The highest BCUT2D eigenvalue weighted by atomic mass is 79.9. The number of ether oxygens (including phenoxy) is 2. The summed E-state index contributed by atoms with van der Waals surface area (Å²) >= 11 is 3.45. The molecule has 0 unspecified atom stereocenters. The number of methoxy groups -OCH3 is 1. The van der Waals surface area contributed by atoms with E-state index in [1.54, 1.807) is 7.11 Å². The molecule has 0 bridgehead atoms. The molecule has 2 aromatic carbocycles. The van der Waals surface area contributed by atoms with Crippen LogP contribution in [-0.2, 0) is 4.74 Å². The Morgan fingerprint density at radius 1 is 1.20 bits per heavy atom. The van der Waals surface area contributed by atoms with Crippen LogP contribution in [0.4, 0.5) is 0 Å². The number of fused-ring (bicyclic) bond motifs is 1. The van der Waals surface area contributed by atoms with Crippen LogP contribution in [0.25, 0.3) is 11.0 Å². The van der Waals surface area contributed by atoms with Crippen molar-refractivity contribution in [1.82, 2.24) is 10.2 Å². The van der Waals surface area contributed by atoms with Gasteiger partial charge in [0.25, 0.3) is 5.91 Å². The highest BCUT2D eigenvalue weighted by Gasteiger charge is 2.25. The second kappa shape index (κ2) is 9.20. The molecule has 4 rings (SSSR count). The highest BCUT2D eigenvalue weighted by Crippen LogP contribution is 2.28. The number of aryl methyl sites for hydroxylation is 1. The van der Waals surface area contributed by atoms with Gasteiger partial charge in [-0.1, -0.05) is 28.1 Å². The van der Waals surface area contributed by atoms with Gasteiger partial charge in [0.15, 0.2) is 5.76 Å². The van der Waals surface area contributed by atoms with E-state index in [0.29, 0.717) is 31.1 Å². The third-order valence-electron chi connectivity index (χ3n) is 5.55. The summed E-state index contributed by atoms with van der Waals surface area (Å²) in [6.07, 6.45) is 0. The summed E-state index contributed by atoms with van der Waals surface area (Å²) < 4.78 is 17.6. The van der Waals surface area contributed by atoms with E-state index >= 15 is 0 Å². The fourth-order valence-electron chi connectivity index (χ4n) is 3.86. The molecule has 30 heavy (non-hydrogen) atoms. The number of hydrogen-bond donors (Lipinski definition) is 1. The molecule has 158 valence electrons. The van der Waals surface area contributed by atoms with E-state index in [2.05, 4.69) is 38.3 Å². The first-order valence-corrected chi connectivity index (χ1v) is 10.8. The second-order valence-corrected chi connectivity index (χ2v) is 8.26. The standard InChI is InChI=1S/C23H25BrN2O4/c1-15-19-8-5-17(24)13-21(19)30-22(15)23(27)25-14-20(26-9-11-29-12-10-26)16-3-6-18(28-2)7-4-16/h3-8,13,20H,9-12,14H2,1-2H3,(H,25,27)/t20-/m0/s1. The molecular formula is C23H25BrN2O4. The molecule has 1 saturated heterocycles. The average Bonchev–Trinajstić information content (AvgIpc) is 3.10. The third-order valence-corrected chi connectivity index (χ3v) is 6.04. The molecule has 3 aromatic rings. The number of carbonyl (C=O) groups is 1. The van der Waals surface area contributed by atoms with E-state index < -0.39 is 0 Å². The Hall–Kier alpha value is -2.35. The number of halogens is 1. The topological polar surface area (TPSA) is 63.9 Å². The maximum absolute atomic E-state index is 13.0. The van der Waals surface area contributed by atoms with Gasteiger partial charge >= 0.3 is 0 Å². The van der Waals surface area contributed by atoms with Gasteiger partial charge in [-0.25, -0.2) is 0 Å². The Balaban J connectivity index is 1.54. The predicted octanol–water partition coefficient (Wildman–Crippen LogP) is 4.32. The van der Waals surface area contributed by atoms with Gasteiger partial charge in [-0.3, -0.25) is 9.69 Å². The van der Waals surface area contributed by atoms with Crippen molar-refractivity contribution in [2.24, 2.45) is 0 Å². The van der Waals surface area contributed by atoms with Gasteiger partial charge in [-0.2, -0.15) is 0 Å². The maximum Gasteiger partial charge on any atom is 0.287 e. The van der Waals surface area contributed by atoms with Crippen molar-refractivity contribution in [3.05, 3.63) is 63.8 Å². The highest BCUT2D eigenvalue weighted by molar-refractivity contribution is 9.10. The number of morpholine rings is 1. The molecule has 2 heterocycles. The molecule has 1 amide bonds. The Morgan fingerprint density at radius 2 is 1.93 bits per heavy atom. The molecule has 1 aliphatic rings. The van der Waals surface area contributed by atoms with Crippen LogP contribution in [0.2, 0.25) is 0 Å². The van der Waals surface area contributed by atoms with Crippen LogP contribution in [-0.4, -0.2) is 50.8 Å². The molecule has 1 aromatic heterocycles. The molecule has 6 nitrogen and oxygen atoms in total. The number of rotatable bonds is 6.